The quantitative estimate of drug-likeness (QED) is 0.868. The third-order valence-corrected chi connectivity index (χ3v) is 4.25. The first-order valence-corrected chi connectivity index (χ1v) is 7.96. The fourth-order valence-corrected chi connectivity index (χ4v) is 3.14. The van der Waals surface area contributed by atoms with Crippen molar-refractivity contribution in [2.45, 2.75) is 64.7 Å². The molecule has 21 heavy (non-hydrogen) atoms. The van der Waals surface area contributed by atoms with Gasteiger partial charge in [0, 0.05) is 6.04 Å². The molecule has 0 aromatic heterocycles. The van der Waals surface area contributed by atoms with Crippen LogP contribution in [0, 0.1) is 5.82 Å². The van der Waals surface area contributed by atoms with Crippen LogP contribution in [0.3, 0.4) is 0 Å². The zero-order valence-electron chi connectivity index (χ0n) is 13.1. The maximum atomic E-state index is 13.5. The standard InChI is InChI=1S/C17H25FN2O/c1-4-8-14(5-2)20-16(19-15(6-3)17(20)21)12-9-7-10-13(18)11-12/h7,9-11,14-16,19H,4-6,8H2,1-3H3. The number of amides is 1. The van der Waals surface area contributed by atoms with Crippen LogP contribution in [0.4, 0.5) is 4.39 Å². The maximum Gasteiger partial charge on any atom is 0.241 e. The highest BCUT2D eigenvalue weighted by atomic mass is 19.1. The Hall–Kier alpha value is -1.42. The van der Waals surface area contributed by atoms with Crippen molar-refractivity contribution in [3.8, 4) is 0 Å². The van der Waals surface area contributed by atoms with E-state index in [2.05, 4.69) is 19.2 Å². The summed E-state index contributed by atoms with van der Waals surface area (Å²) >= 11 is 0. The van der Waals surface area contributed by atoms with E-state index >= 15 is 0 Å². The van der Waals surface area contributed by atoms with Gasteiger partial charge in [-0.25, -0.2) is 4.39 Å². The number of carbonyl (C=O) groups excluding carboxylic acids is 1. The van der Waals surface area contributed by atoms with Gasteiger partial charge in [-0.15, -0.1) is 0 Å². The molecule has 0 aliphatic carbocycles. The van der Waals surface area contributed by atoms with E-state index in [0.717, 1.165) is 31.2 Å². The summed E-state index contributed by atoms with van der Waals surface area (Å²) < 4.78 is 13.5. The third kappa shape index (κ3) is 3.26. The van der Waals surface area contributed by atoms with E-state index in [1.54, 1.807) is 6.07 Å². The Morgan fingerprint density at radius 1 is 1.33 bits per heavy atom. The summed E-state index contributed by atoms with van der Waals surface area (Å²) in [6.45, 7) is 6.24. The molecule has 1 aliphatic heterocycles. The van der Waals surface area contributed by atoms with Crippen LogP contribution in [0.1, 0.15) is 58.2 Å². The van der Waals surface area contributed by atoms with E-state index in [1.165, 1.54) is 12.1 Å². The highest BCUT2D eigenvalue weighted by molar-refractivity contribution is 5.84. The van der Waals surface area contributed by atoms with Gasteiger partial charge < -0.3 is 4.90 Å². The molecule has 1 saturated heterocycles. The van der Waals surface area contributed by atoms with Crippen LogP contribution in [0.25, 0.3) is 0 Å². The van der Waals surface area contributed by atoms with Gasteiger partial charge in [-0.05, 0) is 37.0 Å². The molecule has 3 atom stereocenters. The third-order valence-electron chi connectivity index (χ3n) is 4.25. The molecule has 0 bridgehead atoms. The van der Waals surface area contributed by atoms with Crippen molar-refractivity contribution >= 4 is 5.91 Å². The van der Waals surface area contributed by atoms with Crippen molar-refractivity contribution in [1.29, 1.82) is 0 Å². The van der Waals surface area contributed by atoms with Crippen molar-refractivity contribution in [2.24, 2.45) is 0 Å². The molecule has 1 fully saturated rings. The number of rotatable bonds is 6. The van der Waals surface area contributed by atoms with E-state index in [0.29, 0.717) is 0 Å². The van der Waals surface area contributed by atoms with Crippen LogP contribution in [0.2, 0.25) is 0 Å². The number of carbonyl (C=O) groups is 1. The first-order valence-electron chi connectivity index (χ1n) is 7.96. The molecule has 0 spiro atoms. The van der Waals surface area contributed by atoms with Crippen LogP contribution in [0.5, 0.6) is 0 Å². The molecule has 4 heteroatoms. The van der Waals surface area contributed by atoms with Crippen LogP contribution < -0.4 is 5.32 Å². The predicted octanol–water partition coefficient (Wildman–Crippen LogP) is 3.61. The predicted molar refractivity (Wildman–Crippen MR) is 82.2 cm³/mol. The SMILES string of the molecule is CCCC(CC)N1C(=O)C(CC)NC1c1cccc(F)c1. The van der Waals surface area contributed by atoms with Crippen molar-refractivity contribution in [2.75, 3.05) is 0 Å². The highest BCUT2D eigenvalue weighted by Crippen LogP contribution is 2.31. The van der Waals surface area contributed by atoms with Gasteiger partial charge in [-0.1, -0.05) is 39.3 Å². The Bertz CT molecular complexity index is 491. The number of nitrogens with zero attached hydrogens (tertiary/aromatic N) is 1. The van der Waals surface area contributed by atoms with Crippen molar-refractivity contribution < 1.29 is 9.18 Å². The summed E-state index contributed by atoms with van der Waals surface area (Å²) in [7, 11) is 0. The molecule has 0 radical (unpaired) electrons. The summed E-state index contributed by atoms with van der Waals surface area (Å²) in [5.74, 6) is -0.114. The van der Waals surface area contributed by atoms with E-state index in [4.69, 9.17) is 0 Å². The molecular formula is C17H25FN2O. The Kier molecular flexibility index (Phi) is 5.34. The van der Waals surface area contributed by atoms with Gasteiger partial charge in [-0.3, -0.25) is 10.1 Å². The van der Waals surface area contributed by atoms with Gasteiger partial charge >= 0.3 is 0 Å². The second-order valence-corrected chi connectivity index (χ2v) is 5.68. The Balaban J connectivity index is 2.34. The monoisotopic (exact) mass is 292 g/mol. The molecule has 3 unspecified atom stereocenters. The average molecular weight is 292 g/mol. The minimum Gasteiger partial charge on any atom is -0.319 e. The summed E-state index contributed by atoms with van der Waals surface area (Å²) in [5, 5.41) is 3.37. The van der Waals surface area contributed by atoms with E-state index < -0.39 is 0 Å². The molecule has 116 valence electrons. The summed E-state index contributed by atoms with van der Waals surface area (Å²) in [4.78, 5) is 14.6. The minimum absolute atomic E-state index is 0.145. The number of hydrogen-bond donors (Lipinski definition) is 1. The lowest BCUT2D eigenvalue weighted by Crippen LogP contribution is -2.39. The maximum absolute atomic E-state index is 13.5. The van der Waals surface area contributed by atoms with Crippen LogP contribution in [0.15, 0.2) is 24.3 Å². The molecule has 1 N–H and O–H groups in total. The zero-order chi connectivity index (χ0) is 15.4. The lowest BCUT2D eigenvalue weighted by atomic mass is 10.0. The average Bonchev–Trinajstić information content (AvgIpc) is 2.81. The van der Waals surface area contributed by atoms with E-state index in [9.17, 15) is 9.18 Å². The number of halogens is 1. The van der Waals surface area contributed by atoms with Crippen LogP contribution >= 0.6 is 0 Å². The Morgan fingerprint density at radius 2 is 2.10 bits per heavy atom. The molecule has 3 nitrogen and oxygen atoms in total. The summed E-state index contributed by atoms with van der Waals surface area (Å²) in [5.41, 5.74) is 0.828. The lowest BCUT2D eigenvalue weighted by molar-refractivity contribution is -0.132. The number of hydrogen-bond acceptors (Lipinski definition) is 2. The number of benzene rings is 1. The van der Waals surface area contributed by atoms with Crippen molar-refractivity contribution in [3.05, 3.63) is 35.6 Å². The number of nitrogens with one attached hydrogen (secondary N) is 1. The van der Waals surface area contributed by atoms with Crippen molar-refractivity contribution in [1.82, 2.24) is 10.2 Å². The zero-order valence-corrected chi connectivity index (χ0v) is 13.1. The largest absolute Gasteiger partial charge is 0.319 e. The molecule has 1 heterocycles. The topological polar surface area (TPSA) is 32.3 Å². The summed E-state index contributed by atoms with van der Waals surface area (Å²) in [6.07, 6.45) is 3.48. The van der Waals surface area contributed by atoms with Crippen LogP contribution in [-0.4, -0.2) is 22.9 Å². The normalized spacial score (nSPS) is 23.6. The molecule has 2 rings (SSSR count). The van der Waals surface area contributed by atoms with Gasteiger partial charge in [0.05, 0.1) is 6.04 Å². The first-order chi connectivity index (χ1) is 10.1. The molecule has 1 aromatic carbocycles. The highest BCUT2D eigenvalue weighted by Gasteiger charge is 2.41. The van der Waals surface area contributed by atoms with Gasteiger partial charge in [0.2, 0.25) is 5.91 Å². The van der Waals surface area contributed by atoms with Crippen molar-refractivity contribution in [3.63, 3.8) is 0 Å². The molecule has 1 aliphatic rings. The second kappa shape index (κ2) is 7.03. The van der Waals surface area contributed by atoms with Gasteiger partial charge in [-0.2, -0.15) is 0 Å². The molecule has 1 amide bonds. The molecule has 1 aromatic rings. The summed E-state index contributed by atoms with van der Waals surface area (Å²) in [6, 6.07) is 6.59. The Labute approximate surface area is 126 Å². The second-order valence-electron chi connectivity index (χ2n) is 5.68. The van der Waals surface area contributed by atoms with E-state index in [1.807, 2.05) is 17.9 Å². The van der Waals surface area contributed by atoms with Gasteiger partial charge in [0.1, 0.15) is 12.0 Å². The van der Waals surface area contributed by atoms with E-state index in [-0.39, 0.29) is 30.0 Å². The smallest absolute Gasteiger partial charge is 0.241 e. The fraction of sp³-hybridized carbons (Fsp3) is 0.588. The Morgan fingerprint density at radius 3 is 2.67 bits per heavy atom. The first kappa shape index (κ1) is 16.0. The van der Waals surface area contributed by atoms with Crippen LogP contribution in [-0.2, 0) is 4.79 Å². The fourth-order valence-electron chi connectivity index (χ4n) is 3.14. The minimum atomic E-state index is -0.259. The lowest BCUT2D eigenvalue weighted by Gasteiger charge is -2.32. The molecule has 0 saturated carbocycles. The van der Waals surface area contributed by atoms with Gasteiger partial charge in [0.15, 0.2) is 0 Å². The van der Waals surface area contributed by atoms with Gasteiger partial charge in [0.25, 0.3) is 0 Å². The molecular weight excluding hydrogens is 267 g/mol.